The molecule has 3 N–H and O–H groups in total. The Morgan fingerprint density at radius 2 is 1.96 bits per heavy atom. The van der Waals surface area contributed by atoms with Gasteiger partial charge in [0.2, 0.25) is 12.7 Å². The summed E-state index contributed by atoms with van der Waals surface area (Å²) in [5.74, 6) is 0.859. The standard InChI is InChI=1S/C19H20N2O4S/c20-18(23)17-12-3-1-2-4-15(12)26-19(17)21-16(22)8-6-11-5-7-13-14(9-11)25-10-24-13/h5,7,9H,1-4,6,8,10H2,(H2,20,23)(H,21,22). The maximum absolute atomic E-state index is 12.4. The SMILES string of the molecule is NC(=O)c1c(NC(=O)CCc2ccc3c(c2)OCO3)sc2c1CCCC2. The molecule has 4 rings (SSSR count). The second-order valence-corrected chi connectivity index (χ2v) is 7.62. The predicted molar refractivity (Wildman–Crippen MR) is 99.0 cm³/mol. The van der Waals surface area contributed by atoms with Crippen molar-refractivity contribution in [2.75, 3.05) is 12.1 Å². The van der Waals surface area contributed by atoms with Gasteiger partial charge in [-0.3, -0.25) is 9.59 Å². The van der Waals surface area contributed by atoms with Gasteiger partial charge in [-0.1, -0.05) is 6.07 Å². The number of carbonyl (C=O) groups is 2. The van der Waals surface area contributed by atoms with E-state index in [1.54, 1.807) is 0 Å². The first-order chi connectivity index (χ1) is 12.6. The fraction of sp³-hybridized carbons (Fsp3) is 0.368. The van der Waals surface area contributed by atoms with Crippen LogP contribution in [-0.2, 0) is 24.1 Å². The number of fused-ring (bicyclic) bond motifs is 2. The van der Waals surface area contributed by atoms with Crippen LogP contribution in [0.5, 0.6) is 11.5 Å². The smallest absolute Gasteiger partial charge is 0.251 e. The molecule has 0 saturated carbocycles. The van der Waals surface area contributed by atoms with Gasteiger partial charge < -0.3 is 20.5 Å². The lowest BCUT2D eigenvalue weighted by atomic mass is 9.95. The van der Waals surface area contributed by atoms with Gasteiger partial charge in [-0.05, 0) is 55.4 Å². The molecule has 0 atom stereocenters. The number of hydrogen-bond donors (Lipinski definition) is 2. The number of anilines is 1. The maximum atomic E-state index is 12.4. The molecule has 0 fully saturated rings. The molecule has 2 aromatic rings. The zero-order chi connectivity index (χ0) is 18.1. The van der Waals surface area contributed by atoms with Crippen LogP contribution >= 0.6 is 11.3 Å². The van der Waals surface area contributed by atoms with Gasteiger partial charge in [-0.25, -0.2) is 0 Å². The highest BCUT2D eigenvalue weighted by molar-refractivity contribution is 7.17. The second-order valence-electron chi connectivity index (χ2n) is 6.52. The number of benzene rings is 1. The van der Waals surface area contributed by atoms with E-state index >= 15 is 0 Å². The van der Waals surface area contributed by atoms with Crippen molar-refractivity contribution in [2.45, 2.75) is 38.5 Å². The van der Waals surface area contributed by atoms with Crippen molar-refractivity contribution in [3.05, 3.63) is 39.8 Å². The summed E-state index contributed by atoms with van der Waals surface area (Å²) in [7, 11) is 0. The number of primary amides is 1. The number of ether oxygens (including phenoxy) is 2. The van der Waals surface area contributed by atoms with Crippen molar-refractivity contribution >= 4 is 28.2 Å². The quantitative estimate of drug-likeness (QED) is 0.844. The highest BCUT2D eigenvalue weighted by Crippen LogP contribution is 2.38. The van der Waals surface area contributed by atoms with Crippen LogP contribution in [0, 0.1) is 0 Å². The predicted octanol–water partition coefficient (Wildman–Crippen LogP) is 3.03. The van der Waals surface area contributed by atoms with Crippen LogP contribution in [0.1, 0.15) is 45.6 Å². The van der Waals surface area contributed by atoms with Crippen LogP contribution in [0.4, 0.5) is 5.00 Å². The second kappa shape index (κ2) is 6.99. The highest BCUT2D eigenvalue weighted by atomic mass is 32.1. The number of nitrogens with one attached hydrogen (secondary N) is 1. The van der Waals surface area contributed by atoms with E-state index in [9.17, 15) is 9.59 Å². The Bertz CT molecular complexity index is 875. The molecule has 1 aliphatic carbocycles. The van der Waals surface area contributed by atoms with E-state index in [0.717, 1.165) is 42.6 Å². The molecule has 6 nitrogen and oxygen atoms in total. The van der Waals surface area contributed by atoms with Crippen LogP contribution < -0.4 is 20.5 Å². The maximum Gasteiger partial charge on any atom is 0.251 e. The summed E-state index contributed by atoms with van der Waals surface area (Å²) in [5, 5.41) is 3.49. The highest BCUT2D eigenvalue weighted by Gasteiger charge is 2.25. The topological polar surface area (TPSA) is 90.7 Å². The molecular weight excluding hydrogens is 352 g/mol. The molecule has 1 aromatic heterocycles. The number of aryl methyl sites for hydroxylation is 2. The molecule has 0 radical (unpaired) electrons. The molecule has 0 unspecified atom stereocenters. The first-order valence-electron chi connectivity index (χ1n) is 8.74. The molecule has 2 heterocycles. The normalized spacial score (nSPS) is 14.8. The van der Waals surface area contributed by atoms with E-state index in [4.69, 9.17) is 15.2 Å². The Morgan fingerprint density at radius 1 is 1.15 bits per heavy atom. The van der Waals surface area contributed by atoms with E-state index in [-0.39, 0.29) is 12.7 Å². The van der Waals surface area contributed by atoms with Crippen molar-refractivity contribution in [1.82, 2.24) is 0 Å². The lowest BCUT2D eigenvalue weighted by Crippen LogP contribution is -2.18. The van der Waals surface area contributed by atoms with Crippen LogP contribution in [0.2, 0.25) is 0 Å². The first kappa shape index (κ1) is 16.9. The Labute approximate surface area is 155 Å². The summed E-state index contributed by atoms with van der Waals surface area (Å²) in [5.41, 5.74) is 8.10. The van der Waals surface area contributed by atoms with Crippen molar-refractivity contribution in [2.24, 2.45) is 5.73 Å². The molecule has 0 bridgehead atoms. The molecule has 136 valence electrons. The Morgan fingerprint density at radius 3 is 2.81 bits per heavy atom. The summed E-state index contributed by atoms with van der Waals surface area (Å²) < 4.78 is 10.6. The summed E-state index contributed by atoms with van der Waals surface area (Å²) in [4.78, 5) is 25.4. The van der Waals surface area contributed by atoms with Crippen LogP contribution in [-0.4, -0.2) is 18.6 Å². The average molecular weight is 372 g/mol. The average Bonchev–Trinajstić information content (AvgIpc) is 3.23. The lowest BCUT2D eigenvalue weighted by Gasteiger charge is -2.11. The molecule has 1 aliphatic heterocycles. The van der Waals surface area contributed by atoms with Gasteiger partial charge in [0.25, 0.3) is 5.91 Å². The third kappa shape index (κ3) is 3.26. The van der Waals surface area contributed by atoms with Gasteiger partial charge >= 0.3 is 0 Å². The van der Waals surface area contributed by atoms with Crippen LogP contribution in [0.25, 0.3) is 0 Å². The van der Waals surface area contributed by atoms with Crippen molar-refractivity contribution in [3.63, 3.8) is 0 Å². The Hall–Kier alpha value is -2.54. The number of carbonyl (C=O) groups excluding carboxylic acids is 2. The van der Waals surface area contributed by atoms with Crippen molar-refractivity contribution < 1.29 is 19.1 Å². The van der Waals surface area contributed by atoms with Crippen LogP contribution in [0.15, 0.2) is 18.2 Å². The summed E-state index contributed by atoms with van der Waals surface area (Å²) in [6.07, 6.45) is 4.88. The van der Waals surface area contributed by atoms with Gasteiger partial charge in [0.1, 0.15) is 5.00 Å². The molecule has 0 saturated heterocycles. The van der Waals surface area contributed by atoms with E-state index in [0.29, 0.717) is 29.2 Å². The summed E-state index contributed by atoms with van der Waals surface area (Å²) >= 11 is 1.49. The fourth-order valence-electron chi connectivity index (χ4n) is 3.46. The molecule has 1 aromatic carbocycles. The zero-order valence-electron chi connectivity index (χ0n) is 14.3. The summed E-state index contributed by atoms with van der Waals surface area (Å²) in [6, 6.07) is 5.68. The lowest BCUT2D eigenvalue weighted by molar-refractivity contribution is -0.116. The zero-order valence-corrected chi connectivity index (χ0v) is 15.1. The Kier molecular flexibility index (Phi) is 4.55. The number of thiophene rings is 1. The van der Waals surface area contributed by atoms with E-state index in [2.05, 4.69) is 5.32 Å². The first-order valence-corrected chi connectivity index (χ1v) is 9.56. The van der Waals surface area contributed by atoms with Gasteiger partial charge in [-0.15, -0.1) is 11.3 Å². The van der Waals surface area contributed by atoms with E-state index in [1.807, 2.05) is 18.2 Å². The van der Waals surface area contributed by atoms with E-state index in [1.165, 1.54) is 16.2 Å². The van der Waals surface area contributed by atoms with Crippen molar-refractivity contribution in [1.29, 1.82) is 0 Å². The largest absolute Gasteiger partial charge is 0.454 e. The molecule has 7 heteroatoms. The minimum Gasteiger partial charge on any atom is -0.454 e. The number of nitrogens with two attached hydrogens (primary N) is 1. The van der Waals surface area contributed by atoms with Crippen LogP contribution in [0.3, 0.4) is 0 Å². The van der Waals surface area contributed by atoms with E-state index < -0.39 is 5.91 Å². The van der Waals surface area contributed by atoms with Gasteiger partial charge in [0, 0.05) is 11.3 Å². The molecule has 2 amide bonds. The monoisotopic (exact) mass is 372 g/mol. The minimum absolute atomic E-state index is 0.122. The molecule has 2 aliphatic rings. The van der Waals surface area contributed by atoms with Gasteiger partial charge in [0.15, 0.2) is 11.5 Å². The minimum atomic E-state index is -0.463. The van der Waals surface area contributed by atoms with Gasteiger partial charge in [0.05, 0.1) is 5.56 Å². The fourth-order valence-corrected chi connectivity index (χ4v) is 4.77. The molecule has 26 heavy (non-hydrogen) atoms. The Balaban J connectivity index is 1.43. The number of rotatable bonds is 5. The molecule has 0 spiro atoms. The molecular formula is C19H20N2O4S. The third-order valence-corrected chi connectivity index (χ3v) is 5.96. The van der Waals surface area contributed by atoms with Crippen molar-refractivity contribution in [3.8, 4) is 11.5 Å². The number of amides is 2. The third-order valence-electron chi connectivity index (χ3n) is 4.75. The summed E-state index contributed by atoms with van der Waals surface area (Å²) in [6.45, 7) is 0.234. The number of hydrogen-bond acceptors (Lipinski definition) is 5. The van der Waals surface area contributed by atoms with Gasteiger partial charge in [-0.2, -0.15) is 0 Å².